The molecule has 3 aromatic heterocycles. The third-order valence-electron chi connectivity index (χ3n) is 6.76. The van der Waals surface area contributed by atoms with Gasteiger partial charge in [-0.15, -0.1) is 0 Å². The van der Waals surface area contributed by atoms with Gasteiger partial charge >= 0.3 is 0 Å². The lowest BCUT2D eigenvalue weighted by molar-refractivity contribution is 0.0625. The van der Waals surface area contributed by atoms with Gasteiger partial charge in [-0.25, -0.2) is 9.50 Å². The van der Waals surface area contributed by atoms with E-state index >= 15 is 0 Å². The predicted octanol–water partition coefficient (Wildman–Crippen LogP) is 2.34. The fraction of sp³-hybridized carbons (Fsp3) is 0.550. The molecule has 6 rings (SSSR count). The molecule has 27 heavy (non-hydrogen) atoms. The first-order valence-electron chi connectivity index (χ1n) is 10.1. The zero-order valence-corrected chi connectivity index (χ0v) is 15.7. The Morgan fingerprint density at radius 2 is 1.74 bits per heavy atom. The molecule has 0 aromatic carbocycles. The topological polar surface area (TPSA) is 54.5 Å². The van der Waals surface area contributed by atoms with Crippen LogP contribution in [0.3, 0.4) is 0 Å². The molecule has 3 aliphatic rings. The second-order valence-electron chi connectivity index (χ2n) is 8.37. The van der Waals surface area contributed by atoms with Gasteiger partial charge in [-0.2, -0.15) is 10.2 Å². The summed E-state index contributed by atoms with van der Waals surface area (Å²) in [7, 11) is 1.95. The number of rotatable bonds is 3. The molecular formula is C20H25N7. The maximum Gasteiger partial charge on any atom is 0.156 e. The highest BCUT2D eigenvalue weighted by atomic mass is 15.4. The van der Waals surface area contributed by atoms with Gasteiger partial charge in [0.15, 0.2) is 5.82 Å². The zero-order chi connectivity index (χ0) is 18.0. The number of fused-ring (bicyclic) bond motifs is 3. The summed E-state index contributed by atoms with van der Waals surface area (Å²) >= 11 is 0. The Kier molecular flexibility index (Phi) is 3.35. The lowest BCUT2D eigenvalue weighted by Gasteiger charge is -2.48. The Labute approximate surface area is 158 Å². The molecule has 3 fully saturated rings. The van der Waals surface area contributed by atoms with E-state index in [1.807, 2.05) is 28.6 Å². The van der Waals surface area contributed by atoms with Crippen LogP contribution in [0.2, 0.25) is 0 Å². The maximum atomic E-state index is 4.70. The standard InChI is InChI=1S/C20H25N7/c1-24-9-15(8-22-24)14-7-19-20(21-13-23-26(19)10-14)25-11-17-5-6-18(12-25)27(17)16-3-2-4-16/h7-10,13,16-18H,2-6,11-12H2,1H3. The number of piperazine rings is 1. The number of hydrogen-bond donors (Lipinski definition) is 0. The van der Waals surface area contributed by atoms with E-state index in [9.17, 15) is 0 Å². The van der Waals surface area contributed by atoms with Crippen molar-refractivity contribution < 1.29 is 0 Å². The zero-order valence-electron chi connectivity index (χ0n) is 15.7. The quantitative estimate of drug-likeness (QED) is 0.715. The van der Waals surface area contributed by atoms with Crippen molar-refractivity contribution in [3.63, 3.8) is 0 Å². The summed E-state index contributed by atoms with van der Waals surface area (Å²) in [6, 6.07) is 4.43. The highest BCUT2D eigenvalue weighted by Gasteiger charge is 2.45. The average molecular weight is 363 g/mol. The molecule has 1 aliphatic carbocycles. The second-order valence-corrected chi connectivity index (χ2v) is 8.37. The van der Waals surface area contributed by atoms with Crippen molar-refractivity contribution in [3.8, 4) is 11.1 Å². The first-order chi connectivity index (χ1) is 13.3. The molecule has 0 N–H and O–H groups in total. The minimum absolute atomic E-state index is 0.692. The molecule has 2 bridgehead atoms. The molecule has 2 atom stereocenters. The van der Waals surface area contributed by atoms with E-state index < -0.39 is 0 Å². The number of anilines is 1. The number of hydrogen-bond acceptors (Lipinski definition) is 5. The summed E-state index contributed by atoms with van der Waals surface area (Å²) in [6.07, 6.45) is 14.6. The van der Waals surface area contributed by atoms with Crippen LogP contribution in [0.25, 0.3) is 16.6 Å². The number of aromatic nitrogens is 5. The van der Waals surface area contributed by atoms with Crippen molar-refractivity contribution in [2.24, 2.45) is 7.05 Å². The third-order valence-corrected chi connectivity index (χ3v) is 6.76. The predicted molar refractivity (Wildman–Crippen MR) is 104 cm³/mol. The van der Waals surface area contributed by atoms with Crippen LogP contribution in [-0.4, -0.2) is 60.5 Å². The van der Waals surface area contributed by atoms with Crippen molar-refractivity contribution in [1.82, 2.24) is 29.3 Å². The molecule has 7 heteroatoms. The molecule has 2 unspecified atom stereocenters. The highest BCUT2D eigenvalue weighted by Crippen LogP contribution is 2.39. The molecule has 3 aromatic rings. The fourth-order valence-corrected chi connectivity index (χ4v) is 5.28. The maximum absolute atomic E-state index is 4.70. The van der Waals surface area contributed by atoms with E-state index in [0.29, 0.717) is 12.1 Å². The van der Waals surface area contributed by atoms with Gasteiger partial charge in [-0.1, -0.05) is 6.42 Å². The highest BCUT2D eigenvalue weighted by molar-refractivity contribution is 5.77. The van der Waals surface area contributed by atoms with Crippen molar-refractivity contribution >= 4 is 11.3 Å². The normalized spacial score (nSPS) is 26.0. The van der Waals surface area contributed by atoms with Crippen molar-refractivity contribution in [1.29, 1.82) is 0 Å². The molecule has 140 valence electrons. The first-order valence-corrected chi connectivity index (χ1v) is 10.1. The molecule has 1 saturated carbocycles. The van der Waals surface area contributed by atoms with Gasteiger partial charge < -0.3 is 4.90 Å². The molecule has 0 amide bonds. The molecular weight excluding hydrogens is 338 g/mol. The minimum Gasteiger partial charge on any atom is -0.352 e. The molecule has 0 radical (unpaired) electrons. The van der Waals surface area contributed by atoms with E-state index in [1.165, 1.54) is 32.1 Å². The Hall–Kier alpha value is -2.41. The third kappa shape index (κ3) is 2.41. The van der Waals surface area contributed by atoms with Crippen molar-refractivity contribution in [3.05, 3.63) is 31.0 Å². The van der Waals surface area contributed by atoms with Crippen LogP contribution in [0.1, 0.15) is 32.1 Å². The van der Waals surface area contributed by atoms with Crippen molar-refractivity contribution in [2.45, 2.75) is 50.2 Å². The van der Waals surface area contributed by atoms with E-state index in [-0.39, 0.29) is 0 Å². The average Bonchev–Trinajstić information content (AvgIpc) is 3.29. The molecule has 7 nitrogen and oxygen atoms in total. The Morgan fingerprint density at radius 1 is 0.926 bits per heavy atom. The largest absolute Gasteiger partial charge is 0.352 e. The van der Waals surface area contributed by atoms with Crippen LogP contribution in [0.5, 0.6) is 0 Å². The van der Waals surface area contributed by atoms with Gasteiger partial charge in [0, 0.05) is 61.8 Å². The summed E-state index contributed by atoms with van der Waals surface area (Å²) in [5, 5.41) is 8.75. The van der Waals surface area contributed by atoms with E-state index in [1.54, 1.807) is 6.33 Å². The monoisotopic (exact) mass is 363 g/mol. The second kappa shape index (κ2) is 5.79. The lowest BCUT2D eigenvalue weighted by atomic mass is 9.89. The number of aryl methyl sites for hydroxylation is 1. The molecule has 0 spiro atoms. The van der Waals surface area contributed by atoms with E-state index in [2.05, 4.69) is 32.3 Å². The lowest BCUT2D eigenvalue weighted by Crippen LogP contribution is -2.59. The van der Waals surface area contributed by atoms with Crippen LogP contribution >= 0.6 is 0 Å². The summed E-state index contributed by atoms with van der Waals surface area (Å²) in [5.41, 5.74) is 3.34. The summed E-state index contributed by atoms with van der Waals surface area (Å²) < 4.78 is 3.80. The Balaban J connectivity index is 1.34. The van der Waals surface area contributed by atoms with Gasteiger partial charge in [0.1, 0.15) is 11.8 Å². The van der Waals surface area contributed by atoms with Gasteiger partial charge in [0.05, 0.1) is 6.20 Å². The van der Waals surface area contributed by atoms with Crippen LogP contribution in [-0.2, 0) is 7.05 Å². The molecule has 5 heterocycles. The summed E-state index contributed by atoms with van der Waals surface area (Å²) in [4.78, 5) is 10.0. The van der Waals surface area contributed by atoms with E-state index in [0.717, 1.165) is 41.6 Å². The molecule has 2 aliphatic heterocycles. The Morgan fingerprint density at radius 3 is 2.41 bits per heavy atom. The summed E-state index contributed by atoms with van der Waals surface area (Å²) in [6.45, 7) is 2.18. The minimum atomic E-state index is 0.692. The van der Waals surface area contributed by atoms with E-state index in [4.69, 9.17) is 4.98 Å². The fourth-order valence-electron chi connectivity index (χ4n) is 5.28. The van der Waals surface area contributed by atoms with Gasteiger partial charge in [-0.05, 0) is 31.7 Å². The first kappa shape index (κ1) is 15.6. The Bertz CT molecular complexity index is 971. The van der Waals surface area contributed by atoms with Crippen LogP contribution < -0.4 is 4.90 Å². The van der Waals surface area contributed by atoms with Gasteiger partial charge in [0.25, 0.3) is 0 Å². The van der Waals surface area contributed by atoms with Gasteiger partial charge in [-0.3, -0.25) is 9.58 Å². The number of nitrogens with zero attached hydrogens (tertiary/aromatic N) is 7. The van der Waals surface area contributed by atoms with Gasteiger partial charge in [0.2, 0.25) is 0 Å². The van der Waals surface area contributed by atoms with Crippen LogP contribution in [0, 0.1) is 0 Å². The van der Waals surface area contributed by atoms with Crippen LogP contribution in [0.15, 0.2) is 31.0 Å². The SMILES string of the molecule is Cn1cc(-c2cc3c(N4CC5CCC(C4)N5C4CCC4)ncnn3c2)cn1. The molecule has 2 saturated heterocycles. The van der Waals surface area contributed by atoms with Crippen LogP contribution in [0.4, 0.5) is 5.82 Å². The summed E-state index contributed by atoms with van der Waals surface area (Å²) in [5.74, 6) is 1.07. The van der Waals surface area contributed by atoms with Crippen molar-refractivity contribution in [2.75, 3.05) is 18.0 Å². The smallest absolute Gasteiger partial charge is 0.156 e.